The van der Waals surface area contributed by atoms with Gasteiger partial charge in [0.05, 0.1) is 10.8 Å². The fraction of sp³-hybridized carbons (Fsp3) is 0.731. The molecule has 2 nitrogen and oxygen atoms in total. The van der Waals surface area contributed by atoms with E-state index < -0.39 is 0 Å². The predicted octanol–water partition coefficient (Wildman–Crippen LogP) is 18.0. The summed E-state index contributed by atoms with van der Waals surface area (Å²) in [5, 5.41) is 0. The largest absolute Gasteiger partial charge is 0.340 e. The number of nitrogens with zero attached hydrogens (tertiary/aromatic N) is 2. The lowest BCUT2D eigenvalue weighted by molar-refractivity contribution is 0.0864. The monoisotopic (exact) mass is 859 g/mol. The highest BCUT2D eigenvalue weighted by atomic mass is 32.4. The van der Waals surface area contributed by atoms with Gasteiger partial charge in [0.25, 0.3) is 0 Å². The summed E-state index contributed by atoms with van der Waals surface area (Å²) < 4.78 is 0. The van der Waals surface area contributed by atoms with Crippen molar-refractivity contribution in [3.63, 3.8) is 0 Å². The van der Waals surface area contributed by atoms with Gasteiger partial charge in [-0.15, -0.1) is 0 Å². The maximum Gasteiger partial charge on any atom is 0.0576 e. The molecule has 0 aromatic heterocycles. The molecule has 2 aromatic carbocycles. The molecule has 6 heteroatoms. The zero-order valence-corrected chi connectivity index (χ0v) is 43.4. The lowest BCUT2D eigenvalue weighted by Gasteiger charge is -2.47. The minimum Gasteiger partial charge on any atom is -0.340 e. The van der Waals surface area contributed by atoms with Gasteiger partial charge >= 0.3 is 0 Å². The van der Waals surface area contributed by atoms with Gasteiger partial charge in [-0.2, -0.15) is 0 Å². The van der Waals surface area contributed by atoms with Gasteiger partial charge in [-0.1, -0.05) is 146 Å². The summed E-state index contributed by atoms with van der Waals surface area (Å²) in [6.45, 7) is 41.1. The lowest BCUT2D eigenvalue weighted by Crippen LogP contribution is -2.46. The fourth-order valence-electron chi connectivity index (χ4n) is 13.1. The van der Waals surface area contributed by atoms with Crippen LogP contribution in [0.3, 0.4) is 0 Å². The highest BCUT2D eigenvalue weighted by Crippen LogP contribution is 2.63. The smallest absolute Gasteiger partial charge is 0.0576 e. The number of anilines is 2. The Kier molecular flexibility index (Phi) is 14.7. The van der Waals surface area contributed by atoms with Crippen LogP contribution in [-0.2, 0) is 0 Å². The lowest BCUT2D eigenvalue weighted by atomic mass is 9.58. The highest BCUT2D eigenvalue weighted by molar-refractivity contribution is 8.40. The SMILES string of the molecule is CC(C)c1cccc(C(C)C)c1N1CC[C@@]2(C[C@H](C)CC[C@H]2C(C)C)C1=PP=PP=C1N(c2c(C(C)C)cccc2C(C)C)C(C)(C)C[C@@]12C[C@H](C)CC[C@H]2C(C)C. The van der Waals surface area contributed by atoms with Crippen LogP contribution in [0, 0.1) is 46.3 Å². The Morgan fingerprint density at radius 2 is 0.966 bits per heavy atom. The molecular formula is C52H82N2P4. The van der Waals surface area contributed by atoms with E-state index in [1.807, 2.05) is 0 Å². The molecule has 4 fully saturated rings. The maximum absolute atomic E-state index is 2.99. The number of para-hydroxylation sites is 2. The minimum atomic E-state index is 0.0584. The maximum atomic E-state index is 2.99. The van der Waals surface area contributed by atoms with E-state index in [0.717, 1.165) is 23.7 Å². The standard InChI is InChI=1S/C52H82N2P4/c1-32(2)40-19-17-20-41(33(3)4)46(40)53-28-27-51(29-38(13)23-25-44(51)36(9)10)48(53)55-57-58-56-49-52(30-39(14)24-26-45(52)37(11)12)31-50(15,16)54(49)47-42(34(5)6)21-18-22-43(47)35(7)8/h17-22,32-39,44-45H,23-31H2,1-16H3/t38-,39-,44+,45+,51+,52-/m1/s1. The molecule has 58 heavy (non-hydrogen) atoms. The summed E-state index contributed by atoms with van der Waals surface area (Å²) in [5.74, 6) is 6.42. The van der Waals surface area contributed by atoms with Gasteiger partial charge in [-0.25, -0.2) is 0 Å². The minimum absolute atomic E-state index is 0.0584. The molecule has 320 valence electrons. The van der Waals surface area contributed by atoms with Crippen LogP contribution < -0.4 is 9.80 Å². The van der Waals surface area contributed by atoms with Crippen molar-refractivity contribution < 1.29 is 0 Å². The Morgan fingerprint density at radius 1 is 0.552 bits per heavy atom. The van der Waals surface area contributed by atoms with Crippen molar-refractivity contribution in [3.8, 4) is 0 Å². The summed E-state index contributed by atoms with van der Waals surface area (Å²) in [6.07, 6.45) is 10.8. The Balaban J connectivity index is 1.60. The van der Waals surface area contributed by atoms with Crippen LogP contribution in [-0.4, -0.2) is 22.9 Å². The third-order valence-corrected chi connectivity index (χ3v) is 23.8. The normalized spacial score (nSPS) is 30.6. The highest BCUT2D eigenvalue weighted by Gasteiger charge is 2.59. The van der Waals surface area contributed by atoms with Crippen molar-refractivity contribution >= 4 is 53.1 Å². The first kappa shape index (κ1) is 46.5. The summed E-state index contributed by atoms with van der Waals surface area (Å²) in [4.78, 5) is 5.93. The van der Waals surface area contributed by atoms with E-state index in [1.54, 1.807) is 64.2 Å². The molecule has 6 rings (SSSR count). The summed E-state index contributed by atoms with van der Waals surface area (Å²) in [7, 11) is 6.20. The molecule has 2 saturated heterocycles. The van der Waals surface area contributed by atoms with Crippen molar-refractivity contribution in [1.29, 1.82) is 0 Å². The molecule has 2 aliphatic heterocycles. The second kappa shape index (κ2) is 18.4. The predicted molar refractivity (Wildman–Crippen MR) is 268 cm³/mol. The van der Waals surface area contributed by atoms with Gasteiger partial charge in [0.15, 0.2) is 0 Å². The van der Waals surface area contributed by atoms with Crippen LogP contribution in [0.1, 0.15) is 208 Å². The number of rotatable bonds is 10. The third kappa shape index (κ3) is 8.66. The summed E-state index contributed by atoms with van der Waals surface area (Å²) in [6, 6.07) is 14.5. The van der Waals surface area contributed by atoms with Crippen molar-refractivity contribution in [2.75, 3.05) is 16.3 Å². The molecule has 0 unspecified atom stereocenters. The number of hydrogen-bond donors (Lipinski definition) is 0. The van der Waals surface area contributed by atoms with Crippen LogP contribution in [0.25, 0.3) is 0 Å². The molecule has 2 spiro atoms. The summed E-state index contributed by atoms with van der Waals surface area (Å²) in [5.41, 5.74) is 13.4. The Bertz CT molecular complexity index is 1800. The second-order valence-corrected chi connectivity index (χ2v) is 29.3. The average molecular weight is 859 g/mol. The van der Waals surface area contributed by atoms with E-state index in [2.05, 4.69) is 157 Å². The first-order valence-electron chi connectivity index (χ1n) is 23.7. The Labute approximate surface area is 364 Å². The van der Waals surface area contributed by atoms with Crippen LogP contribution in [0.5, 0.6) is 0 Å². The van der Waals surface area contributed by atoms with Crippen LogP contribution in [0.4, 0.5) is 11.4 Å². The average Bonchev–Trinajstić information content (AvgIpc) is 3.58. The number of benzene rings is 2. The van der Waals surface area contributed by atoms with E-state index in [-0.39, 0.29) is 11.0 Å². The van der Waals surface area contributed by atoms with E-state index in [1.165, 1.54) is 69.0 Å². The topological polar surface area (TPSA) is 6.48 Å². The molecule has 2 heterocycles. The molecule has 2 aliphatic carbocycles. The van der Waals surface area contributed by atoms with Crippen molar-refractivity contribution in [2.24, 2.45) is 46.3 Å². The van der Waals surface area contributed by atoms with Gasteiger partial charge < -0.3 is 9.80 Å². The first-order valence-corrected chi connectivity index (χ1v) is 29.4. The molecule has 2 aromatic rings. The van der Waals surface area contributed by atoms with Gasteiger partial charge in [0.1, 0.15) is 0 Å². The Hall–Kier alpha value is -1.02. The zero-order valence-electron chi connectivity index (χ0n) is 39.8. The van der Waals surface area contributed by atoms with Crippen LogP contribution >= 0.6 is 30.9 Å². The first-order chi connectivity index (χ1) is 27.3. The Morgan fingerprint density at radius 3 is 1.41 bits per heavy atom. The molecule has 4 aliphatic rings. The van der Waals surface area contributed by atoms with Gasteiger partial charge in [-0.3, -0.25) is 0 Å². The third-order valence-electron chi connectivity index (χ3n) is 15.4. The van der Waals surface area contributed by atoms with E-state index in [9.17, 15) is 0 Å². The van der Waals surface area contributed by atoms with Crippen molar-refractivity contribution in [2.45, 2.75) is 191 Å². The van der Waals surface area contributed by atoms with E-state index >= 15 is 0 Å². The van der Waals surface area contributed by atoms with Crippen LogP contribution in [0.2, 0.25) is 0 Å². The van der Waals surface area contributed by atoms with E-state index in [0.29, 0.717) is 40.9 Å². The van der Waals surface area contributed by atoms with Crippen molar-refractivity contribution in [3.05, 3.63) is 58.7 Å². The molecule has 0 radical (unpaired) electrons. The van der Waals surface area contributed by atoms with Gasteiger partial charge in [0, 0.05) is 34.3 Å². The molecule has 0 bridgehead atoms. The second-order valence-electron chi connectivity index (χ2n) is 22.2. The molecule has 6 atom stereocenters. The van der Waals surface area contributed by atoms with Crippen LogP contribution in [0.15, 0.2) is 36.4 Å². The molecule has 2 saturated carbocycles. The zero-order chi connectivity index (χ0) is 42.5. The fourth-order valence-corrected chi connectivity index (χ4v) is 22.1. The molecule has 0 amide bonds. The van der Waals surface area contributed by atoms with E-state index in [4.69, 9.17) is 0 Å². The van der Waals surface area contributed by atoms with Gasteiger partial charge in [0.2, 0.25) is 0 Å². The molecular weight excluding hydrogens is 776 g/mol. The summed E-state index contributed by atoms with van der Waals surface area (Å²) >= 11 is 0. The van der Waals surface area contributed by atoms with Gasteiger partial charge in [-0.05, 0) is 165 Å². The quantitative estimate of drug-likeness (QED) is 0.220. The number of hydrogen-bond acceptors (Lipinski definition) is 0. The molecule has 0 N–H and O–H groups in total. The van der Waals surface area contributed by atoms with Crippen molar-refractivity contribution in [1.82, 2.24) is 0 Å².